The van der Waals surface area contributed by atoms with Crippen LogP contribution in [0.2, 0.25) is 0 Å². The van der Waals surface area contributed by atoms with E-state index in [1.54, 1.807) is 12.4 Å². The maximum Gasteiger partial charge on any atom is 0.159 e. The number of hydrogen-bond donors (Lipinski definition) is 1. The van der Waals surface area contributed by atoms with Gasteiger partial charge in [0, 0.05) is 11.3 Å². The molecule has 0 saturated heterocycles. The third-order valence-electron chi connectivity index (χ3n) is 9.44. The van der Waals surface area contributed by atoms with Crippen LogP contribution in [-0.4, -0.2) is 31.5 Å². The van der Waals surface area contributed by atoms with Crippen LogP contribution in [0.15, 0.2) is 12.4 Å². The van der Waals surface area contributed by atoms with Crippen molar-refractivity contribution in [2.75, 3.05) is 0 Å². The number of Topliss-reactive ketones (excluding diaryl/α,β-unsaturated/α-hetero) is 1. The van der Waals surface area contributed by atoms with Crippen LogP contribution in [0.5, 0.6) is 0 Å². The highest BCUT2D eigenvalue weighted by Crippen LogP contribution is 2.64. The van der Waals surface area contributed by atoms with Gasteiger partial charge >= 0.3 is 0 Å². The molecule has 4 aliphatic rings. The van der Waals surface area contributed by atoms with Gasteiger partial charge in [-0.15, -0.1) is 0 Å². The molecule has 1 aromatic heterocycles. The van der Waals surface area contributed by atoms with E-state index in [2.05, 4.69) is 28.4 Å². The topological polar surface area (TPSA) is 68.0 Å². The normalized spacial score (nSPS) is 44.9. The Bertz CT molecular complexity index is 862. The molecule has 8 atom stereocenters. The maximum atomic E-state index is 13.1. The number of halogens is 1. The van der Waals surface area contributed by atoms with Gasteiger partial charge in [-0.2, -0.15) is 15.0 Å². The minimum absolute atomic E-state index is 0.123. The molecule has 162 valence electrons. The Hall–Kier alpha value is -1.38. The van der Waals surface area contributed by atoms with Crippen molar-refractivity contribution in [3.8, 4) is 11.3 Å². The molecule has 0 amide bonds. The number of hydrogen-bond acceptors (Lipinski definition) is 4. The molecule has 0 aliphatic heterocycles. The summed E-state index contributed by atoms with van der Waals surface area (Å²) in [5, 5.41) is 21.5. The van der Waals surface area contributed by atoms with Crippen LogP contribution < -0.4 is 0 Å². The number of rotatable bonds is 3. The fourth-order valence-electron chi connectivity index (χ4n) is 8.18. The maximum absolute atomic E-state index is 13.1. The summed E-state index contributed by atoms with van der Waals surface area (Å²) < 4.78 is 0. The van der Waals surface area contributed by atoms with E-state index in [0.29, 0.717) is 30.1 Å². The van der Waals surface area contributed by atoms with E-state index in [1.165, 1.54) is 30.5 Å². The molecule has 1 aromatic rings. The van der Waals surface area contributed by atoms with Crippen LogP contribution in [0.1, 0.15) is 64.7 Å². The van der Waals surface area contributed by atoms with Crippen LogP contribution in [0, 0.1) is 52.2 Å². The van der Waals surface area contributed by atoms with E-state index in [0.717, 1.165) is 43.9 Å². The van der Waals surface area contributed by atoms with Gasteiger partial charge in [0.1, 0.15) is 12.1 Å². The number of carbonyl (C=O) groups is 1. The molecular formula is C24H32ClN3O2. The molecule has 4 aliphatic carbocycles. The second kappa shape index (κ2) is 7.64. The Balaban J connectivity index is 1.31. The lowest BCUT2D eigenvalue weighted by atomic mass is 9.49. The van der Waals surface area contributed by atoms with Gasteiger partial charge in [-0.05, 0) is 104 Å². The van der Waals surface area contributed by atoms with Gasteiger partial charge < -0.3 is 5.11 Å². The summed E-state index contributed by atoms with van der Waals surface area (Å²) in [4.78, 5) is 14.7. The van der Waals surface area contributed by atoms with Crippen molar-refractivity contribution in [3.05, 3.63) is 12.4 Å². The van der Waals surface area contributed by atoms with Crippen molar-refractivity contribution < 1.29 is 9.90 Å². The van der Waals surface area contributed by atoms with Crippen LogP contribution in [0.4, 0.5) is 0 Å². The predicted molar refractivity (Wildman–Crippen MR) is 114 cm³/mol. The average molecular weight is 430 g/mol. The van der Waals surface area contributed by atoms with E-state index < -0.39 is 5.60 Å². The molecule has 1 heterocycles. The second-order valence-electron chi connectivity index (χ2n) is 10.6. The number of fused-ring (bicyclic) bond motifs is 5. The van der Waals surface area contributed by atoms with Crippen LogP contribution in [-0.2, 0) is 11.3 Å². The molecule has 5 rings (SSSR count). The molecule has 30 heavy (non-hydrogen) atoms. The zero-order valence-corrected chi connectivity index (χ0v) is 18.5. The first-order chi connectivity index (χ1) is 14.4. The SMILES string of the molecule is C[C@]12CC[C@H]3[C@@H](CC[C@H]4C[C@](O)(C#CCl)CC[C@@H]43)[C@@H]1CC[C@@H]2C(=O)Cn1nccn1. The molecule has 0 unspecified atom stereocenters. The summed E-state index contributed by atoms with van der Waals surface area (Å²) in [6.07, 6.45) is 12.9. The van der Waals surface area contributed by atoms with Gasteiger partial charge in [0.2, 0.25) is 0 Å². The second-order valence-corrected chi connectivity index (χ2v) is 10.8. The Morgan fingerprint density at radius 3 is 2.63 bits per heavy atom. The van der Waals surface area contributed by atoms with E-state index in [1.807, 2.05) is 0 Å². The van der Waals surface area contributed by atoms with Gasteiger partial charge in [-0.25, -0.2) is 0 Å². The summed E-state index contributed by atoms with van der Waals surface area (Å²) >= 11 is 5.61. The molecule has 0 bridgehead atoms. The van der Waals surface area contributed by atoms with E-state index in [-0.39, 0.29) is 11.3 Å². The predicted octanol–water partition coefficient (Wildman–Crippen LogP) is 4.05. The van der Waals surface area contributed by atoms with Crippen LogP contribution in [0.3, 0.4) is 0 Å². The Kier molecular flexibility index (Phi) is 5.22. The van der Waals surface area contributed by atoms with Crippen molar-refractivity contribution in [1.82, 2.24) is 15.0 Å². The van der Waals surface area contributed by atoms with Gasteiger partial charge in [-0.1, -0.05) is 12.8 Å². The molecule has 0 aromatic carbocycles. The number of ketones is 1. The number of aromatic nitrogens is 3. The van der Waals surface area contributed by atoms with Crippen molar-refractivity contribution >= 4 is 17.4 Å². The molecule has 5 nitrogen and oxygen atoms in total. The zero-order valence-electron chi connectivity index (χ0n) is 17.8. The minimum Gasteiger partial charge on any atom is -0.378 e. The first-order valence-electron chi connectivity index (χ1n) is 11.7. The fraction of sp³-hybridized carbons (Fsp3) is 0.792. The minimum atomic E-state index is -0.885. The monoisotopic (exact) mass is 429 g/mol. The molecule has 1 N–H and O–H groups in total. The van der Waals surface area contributed by atoms with Gasteiger partial charge in [0.25, 0.3) is 0 Å². The molecular weight excluding hydrogens is 398 g/mol. The highest BCUT2D eigenvalue weighted by atomic mass is 35.5. The van der Waals surface area contributed by atoms with E-state index in [4.69, 9.17) is 11.6 Å². The largest absolute Gasteiger partial charge is 0.378 e. The van der Waals surface area contributed by atoms with Crippen LogP contribution >= 0.6 is 11.6 Å². The lowest BCUT2D eigenvalue weighted by Crippen LogP contribution is -2.51. The van der Waals surface area contributed by atoms with Crippen molar-refractivity contribution in [2.45, 2.75) is 76.9 Å². The summed E-state index contributed by atoms with van der Waals surface area (Å²) in [7, 11) is 0. The fourth-order valence-corrected chi connectivity index (χ4v) is 8.36. The van der Waals surface area contributed by atoms with Crippen molar-refractivity contribution in [1.29, 1.82) is 0 Å². The Morgan fingerprint density at radius 2 is 1.87 bits per heavy atom. The lowest BCUT2D eigenvalue weighted by molar-refractivity contribution is -0.132. The summed E-state index contributed by atoms with van der Waals surface area (Å²) in [5.74, 6) is 6.72. The summed E-state index contributed by atoms with van der Waals surface area (Å²) in [6, 6.07) is 0. The number of aliphatic hydroxyl groups is 1. The molecule has 6 heteroatoms. The summed E-state index contributed by atoms with van der Waals surface area (Å²) in [6.45, 7) is 2.70. The quantitative estimate of drug-likeness (QED) is 0.736. The van der Waals surface area contributed by atoms with Gasteiger partial charge in [0.15, 0.2) is 5.78 Å². The standard InChI is InChI=1S/C24H32ClN3O2/c1-23-8-6-18-17-7-9-24(30,10-11-25)14-16(17)2-3-19(18)20(23)4-5-21(23)22(29)15-28-26-12-13-27-28/h12-13,16-21,30H,2-9,14-15H2,1H3/t16-,17-,18+,19+,20-,21+,23-,24+/m0/s1. The van der Waals surface area contributed by atoms with Crippen LogP contribution in [0.25, 0.3) is 0 Å². The first kappa shape index (κ1) is 20.5. The van der Waals surface area contributed by atoms with Crippen molar-refractivity contribution in [3.63, 3.8) is 0 Å². The highest BCUT2D eigenvalue weighted by Gasteiger charge is 2.58. The highest BCUT2D eigenvalue weighted by molar-refractivity contribution is 6.30. The van der Waals surface area contributed by atoms with Gasteiger partial charge in [0.05, 0.1) is 12.4 Å². The molecule has 0 radical (unpaired) electrons. The Labute approximate surface area is 183 Å². The third kappa shape index (κ3) is 3.31. The number of nitrogens with zero attached hydrogens (tertiary/aromatic N) is 3. The number of carbonyl (C=O) groups excluding carboxylic acids is 1. The van der Waals surface area contributed by atoms with E-state index >= 15 is 0 Å². The zero-order chi connectivity index (χ0) is 20.9. The van der Waals surface area contributed by atoms with Crippen molar-refractivity contribution in [2.24, 2.45) is 40.9 Å². The molecule has 4 fully saturated rings. The average Bonchev–Trinajstić information content (AvgIpc) is 3.34. The third-order valence-corrected chi connectivity index (χ3v) is 9.54. The Morgan fingerprint density at radius 1 is 1.10 bits per heavy atom. The molecule has 0 spiro atoms. The van der Waals surface area contributed by atoms with Gasteiger partial charge in [-0.3, -0.25) is 4.79 Å². The lowest BCUT2D eigenvalue weighted by Gasteiger charge is -2.56. The smallest absolute Gasteiger partial charge is 0.159 e. The summed E-state index contributed by atoms with van der Waals surface area (Å²) in [5.41, 5.74) is -0.762. The van der Waals surface area contributed by atoms with E-state index in [9.17, 15) is 9.90 Å². The first-order valence-corrected chi connectivity index (χ1v) is 12.0. The molecule has 4 saturated carbocycles.